The number of alkyl halides is 3. The van der Waals surface area contributed by atoms with Gasteiger partial charge in [0.05, 0.1) is 5.69 Å². The quantitative estimate of drug-likeness (QED) is 0.849. The lowest BCUT2D eigenvalue weighted by Gasteiger charge is -2.20. The average Bonchev–Trinajstić information content (AvgIpc) is 3.07. The summed E-state index contributed by atoms with van der Waals surface area (Å²) < 4.78 is 37.9. The normalized spacial score (nSPS) is 18.1. The molecule has 0 saturated heterocycles. The molecule has 1 saturated carbocycles. The van der Waals surface area contributed by atoms with Gasteiger partial charge in [-0.3, -0.25) is 10.3 Å². The van der Waals surface area contributed by atoms with Crippen LogP contribution in [0.4, 0.5) is 13.2 Å². The minimum absolute atomic E-state index is 0.158. The highest BCUT2D eigenvalue weighted by molar-refractivity contribution is 5.18. The lowest BCUT2D eigenvalue weighted by atomic mass is 10.2. The summed E-state index contributed by atoms with van der Waals surface area (Å²) in [5.74, 6) is 0. The molecule has 0 spiro atoms. The SMILES string of the molecule is NCc1cc(CNC2(C(F)(F)F)CC2)ccn1. The van der Waals surface area contributed by atoms with Crippen LogP contribution in [0.25, 0.3) is 0 Å². The van der Waals surface area contributed by atoms with E-state index < -0.39 is 11.7 Å². The number of rotatable bonds is 4. The molecular formula is C11H14F3N3. The maximum Gasteiger partial charge on any atom is 0.406 e. The van der Waals surface area contributed by atoms with Crippen LogP contribution in [-0.4, -0.2) is 16.7 Å². The molecule has 0 radical (unpaired) electrons. The van der Waals surface area contributed by atoms with Gasteiger partial charge in [0.15, 0.2) is 0 Å². The van der Waals surface area contributed by atoms with Crippen LogP contribution in [0.1, 0.15) is 24.1 Å². The molecule has 17 heavy (non-hydrogen) atoms. The summed E-state index contributed by atoms with van der Waals surface area (Å²) >= 11 is 0. The fraction of sp³-hybridized carbons (Fsp3) is 0.545. The van der Waals surface area contributed by atoms with E-state index in [9.17, 15) is 13.2 Å². The molecule has 0 aliphatic heterocycles. The monoisotopic (exact) mass is 245 g/mol. The summed E-state index contributed by atoms with van der Waals surface area (Å²) in [6.07, 6.45) is -2.29. The Labute approximate surface area is 97.2 Å². The Balaban J connectivity index is 1.98. The van der Waals surface area contributed by atoms with Crippen LogP contribution >= 0.6 is 0 Å². The summed E-state index contributed by atoms with van der Waals surface area (Å²) in [5, 5.41) is 2.58. The van der Waals surface area contributed by atoms with Gasteiger partial charge in [0.1, 0.15) is 5.54 Å². The van der Waals surface area contributed by atoms with Crippen molar-refractivity contribution < 1.29 is 13.2 Å². The average molecular weight is 245 g/mol. The molecule has 0 unspecified atom stereocenters. The van der Waals surface area contributed by atoms with Gasteiger partial charge in [-0.05, 0) is 30.5 Å². The maximum atomic E-state index is 12.6. The second-order valence-corrected chi connectivity index (χ2v) is 4.29. The molecule has 1 aliphatic carbocycles. The van der Waals surface area contributed by atoms with Crippen molar-refractivity contribution in [2.75, 3.05) is 0 Å². The fourth-order valence-electron chi connectivity index (χ4n) is 1.71. The van der Waals surface area contributed by atoms with Crippen molar-refractivity contribution in [1.82, 2.24) is 10.3 Å². The van der Waals surface area contributed by atoms with Gasteiger partial charge >= 0.3 is 6.18 Å². The molecule has 94 valence electrons. The molecule has 3 nitrogen and oxygen atoms in total. The van der Waals surface area contributed by atoms with E-state index in [4.69, 9.17) is 5.73 Å². The van der Waals surface area contributed by atoms with Crippen molar-refractivity contribution in [3.05, 3.63) is 29.6 Å². The van der Waals surface area contributed by atoms with Gasteiger partial charge in [-0.1, -0.05) is 0 Å². The molecule has 0 bridgehead atoms. The summed E-state index contributed by atoms with van der Waals surface area (Å²) in [6, 6.07) is 3.41. The molecule has 1 aromatic rings. The van der Waals surface area contributed by atoms with E-state index in [0.717, 1.165) is 5.56 Å². The van der Waals surface area contributed by atoms with Crippen molar-refractivity contribution in [3.8, 4) is 0 Å². The highest BCUT2D eigenvalue weighted by Gasteiger charge is 2.62. The Bertz CT molecular complexity index is 399. The first-order chi connectivity index (χ1) is 7.97. The van der Waals surface area contributed by atoms with Crippen molar-refractivity contribution in [3.63, 3.8) is 0 Å². The standard InChI is InChI=1S/C11H14F3N3/c12-11(13,14)10(2-3-10)17-7-8-1-4-16-9(5-8)6-15/h1,4-5,17H,2-3,6-7,15H2. The number of nitrogens with zero attached hydrogens (tertiary/aromatic N) is 1. The van der Waals surface area contributed by atoms with E-state index in [-0.39, 0.29) is 25.9 Å². The van der Waals surface area contributed by atoms with E-state index in [0.29, 0.717) is 5.69 Å². The summed E-state index contributed by atoms with van der Waals surface area (Å²) in [4.78, 5) is 3.99. The molecule has 0 aromatic carbocycles. The molecule has 1 aliphatic rings. The first kappa shape index (κ1) is 12.3. The number of hydrogen-bond donors (Lipinski definition) is 2. The van der Waals surface area contributed by atoms with Gasteiger partial charge in [-0.25, -0.2) is 0 Å². The van der Waals surface area contributed by atoms with Crippen LogP contribution in [0, 0.1) is 0 Å². The number of halogens is 3. The summed E-state index contributed by atoms with van der Waals surface area (Å²) in [7, 11) is 0. The van der Waals surface area contributed by atoms with Crippen molar-refractivity contribution in [1.29, 1.82) is 0 Å². The minimum Gasteiger partial charge on any atom is -0.325 e. The predicted molar refractivity (Wildman–Crippen MR) is 57.0 cm³/mol. The third-order valence-electron chi connectivity index (χ3n) is 3.01. The van der Waals surface area contributed by atoms with Gasteiger partial charge in [0, 0.05) is 19.3 Å². The number of pyridine rings is 1. The van der Waals surface area contributed by atoms with Crippen LogP contribution < -0.4 is 11.1 Å². The van der Waals surface area contributed by atoms with Gasteiger partial charge < -0.3 is 5.73 Å². The molecule has 1 aromatic heterocycles. The van der Waals surface area contributed by atoms with Gasteiger partial charge in [0.2, 0.25) is 0 Å². The molecular weight excluding hydrogens is 231 g/mol. The lowest BCUT2D eigenvalue weighted by molar-refractivity contribution is -0.166. The second-order valence-electron chi connectivity index (χ2n) is 4.29. The largest absolute Gasteiger partial charge is 0.406 e. The molecule has 1 fully saturated rings. The number of aromatic nitrogens is 1. The Hall–Kier alpha value is -1.14. The zero-order chi connectivity index (χ0) is 12.5. The van der Waals surface area contributed by atoms with Crippen LogP contribution in [0.15, 0.2) is 18.3 Å². The van der Waals surface area contributed by atoms with Crippen molar-refractivity contribution in [2.45, 2.75) is 37.6 Å². The van der Waals surface area contributed by atoms with Crippen LogP contribution in [-0.2, 0) is 13.1 Å². The summed E-state index contributed by atoms with van der Waals surface area (Å²) in [5.41, 5.74) is 5.21. The summed E-state index contributed by atoms with van der Waals surface area (Å²) in [6.45, 7) is 0.479. The Morgan fingerprint density at radius 3 is 2.65 bits per heavy atom. The minimum atomic E-state index is -4.17. The van der Waals surface area contributed by atoms with Gasteiger partial charge in [0.25, 0.3) is 0 Å². The highest BCUT2D eigenvalue weighted by atomic mass is 19.4. The number of nitrogens with two attached hydrogens (primary N) is 1. The lowest BCUT2D eigenvalue weighted by Crippen LogP contribution is -2.44. The van der Waals surface area contributed by atoms with E-state index in [2.05, 4.69) is 10.3 Å². The zero-order valence-electron chi connectivity index (χ0n) is 9.22. The van der Waals surface area contributed by atoms with Gasteiger partial charge in [-0.15, -0.1) is 0 Å². The van der Waals surface area contributed by atoms with Crippen LogP contribution in [0.2, 0.25) is 0 Å². The van der Waals surface area contributed by atoms with Gasteiger partial charge in [-0.2, -0.15) is 13.2 Å². The first-order valence-corrected chi connectivity index (χ1v) is 5.42. The predicted octanol–water partition coefficient (Wildman–Crippen LogP) is 1.72. The fourth-order valence-corrected chi connectivity index (χ4v) is 1.71. The van der Waals surface area contributed by atoms with E-state index in [1.807, 2.05) is 0 Å². The molecule has 3 N–H and O–H groups in total. The van der Waals surface area contributed by atoms with Crippen molar-refractivity contribution >= 4 is 0 Å². The molecule has 2 rings (SSSR count). The Kier molecular flexibility index (Phi) is 3.09. The van der Waals surface area contributed by atoms with E-state index >= 15 is 0 Å². The smallest absolute Gasteiger partial charge is 0.325 e. The third kappa shape index (κ3) is 2.58. The first-order valence-electron chi connectivity index (χ1n) is 5.42. The maximum absolute atomic E-state index is 12.6. The zero-order valence-corrected chi connectivity index (χ0v) is 9.22. The molecule has 0 amide bonds. The van der Waals surface area contributed by atoms with Crippen molar-refractivity contribution in [2.24, 2.45) is 5.73 Å². The molecule has 6 heteroatoms. The van der Waals surface area contributed by atoms with E-state index in [1.54, 1.807) is 18.3 Å². The van der Waals surface area contributed by atoms with Crippen LogP contribution in [0.5, 0.6) is 0 Å². The molecule has 1 heterocycles. The van der Waals surface area contributed by atoms with E-state index in [1.165, 1.54) is 0 Å². The second kappa shape index (κ2) is 4.27. The number of hydrogen-bond acceptors (Lipinski definition) is 3. The topological polar surface area (TPSA) is 50.9 Å². The Morgan fingerprint density at radius 1 is 1.41 bits per heavy atom. The Morgan fingerprint density at radius 2 is 2.12 bits per heavy atom. The highest BCUT2D eigenvalue weighted by Crippen LogP contribution is 2.49. The number of nitrogens with one attached hydrogen (secondary N) is 1. The molecule has 0 atom stereocenters. The third-order valence-corrected chi connectivity index (χ3v) is 3.01. The van der Waals surface area contributed by atoms with Crippen LogP contribution in [0.3, 0.4) is 0 Å².